The lowest BCUT2D eigenvalue weighted by molar-refractivity contribution is -0.152. The van der Waals surface area contributed by atoms with Gasteiger partial charge >= 0.3 is 0 Å². The number of aryl methyl sites for hydroxylation is 1. The highest BCUT2D eigenvalue weighted by Crippen LogP contribution is 2.47. The summed E-state index contributed by atoms with van der Waals surface area (Å²) in [5.41, 5.74) is 5.81. The van der Waals surface area contributed by atoms with E-state index in [1.54, 1.807) is 0 Å². The highest BCUT2D eigenvalue weighted by Gasteiger charge is 2.51. The van der Waals surface area contributed by atoms with Gasteiger partial charge in [0.25, 0.3) is 11.8 Å². The third-order valence-corrected chi connectivity index (χ3v) is 7.96. The van der Waals surface area contributed by atoms with Crippen LogP contribution < -0.4 is 16.1 Å². The Labute approximate surface area is 217 Å². The number of carbonyl (C=O) groups is 2. The van der Waals surface area contributed by atoms with Gasteiger partial charge in [0.1, 0.15) is 5.60 Å². The normalized spacial score (nSPS) is 23.2. The number of benzene rings is 2. The van der Waals surface area contributed by atoms with E-state index in [1.807, 2.05) is 42.5 Å². The number of hydrogen-bond donors (Lipinski definition) is 3. The van der Waals surface area contributed by atoms with Crippen LogP contribution in [-0.4, -0.2) is 41.2 Å². The van der Waals surface area contributed by atoms with Crippen molar-refractivity contribution in [3.63, 3.8) is 0 Å². The molecule has 3 N–H and O–H groups in total. The van der Waals surface area contributed by atoms with Crippen molar-refractivity contribution in [3.05, 3.63) is 83.1 Å². The minimum atomic E-state index is -0.897. The van der Waals surface area contributed by atoms with Gasteiger partial charge in [-0.3, -0.25) is 15.0 Å². The summed E-state index contributed by atoms with van der Waals surface area (Å²) in [6.07, 6.45) is 7.19. The molecular weight excluding hydrogens is 466 g/mol. The summed E-state index contributed by atoms with van der Waals surface area (Å²) < 4.78 is 6.44. The number of amides is 2. The second-order valence-electron chi connectivity index (χ2n) is 10.5. The second kappa shape index (κ2) is 9.34. The van der Waals surface area contributed by atoms with Crippen LogP contribution in [0.3, 0.4) is 0 Å². The van der Waals surface area contributed by atoms with E-state index in [9.17, 15) is 9.59 Å². The number of amidine groups is 1. The summed E-state index contributed by atoms with van der Waals surface area (Å²) >= 11 is 0. The van der Waals surface area contributed by atoms with Crippen LogP contribution in [0.25, 0.3) is 0 Å². The molecule has 1 atom stereocenters. The van der Waals surface area contributed by atoms with E-state index in [0.717, 1.165) is 37.7 Å². The topological polar surface area (TPSA) is 95.1 Å². The van der Waals surface area contributed by atoms with Gasteiger partial charge in [-0.1, -0.05) is 73.9 Å². The largest absolute Gasteiger partial charge is 0.359 e. The number of rotatable bonds is 7. The van der Waals surface area contributed by atoms with Crippen LogP contribution in [-0.2, 0) is 19.9 Å². The molecule has 2 aromatic carbocycles. The maximum atomic E-state index is 13.8. The van der Waals surface area contributed by atoms with E-state index in [-0.39, 0.29) is 24.0 Å². The molecule has 0 bridgehead atoms. The molecule has 8 heteroatoms. The Bertz CT molecular complexity index is 1260. The predicted octanol–water partition coefficient (Wildman–Crippen LogP) is 3.38. The number of fused-ring (bicyclic) bond motifs is 1. The monoisotopic (exact) mass is 499 g/mol. The number of hydrazine groups is 1. The Morgan fingerprint density at radius 1 is 1.05 bits per heavy atom. The first-order valence-corrected chi connectivity index (χ1v) is 13.2. The third kappa shape index (κ3) is 4.50. The lowest BCUT2D eigenvalue weighted by Gasteiger charge is -2.38. The molecule has 6 rings (SSSR count). The molecule has 2 heterocycles. The van der Waals surface area contributed by atoms with E-state index in [4.69, 9.17) is 4.74 Å². The molecule has 192 valence electrons. The van der Waals surface area contributed by atoms with E-state index in [0.29, 0.717) is 24.4 Å². The zero-order chi connectivity index (χ0) is 25.5. The third-order valence-electron chi connectivity index (χ3n) is 7.96. The summed E-state index contributed by atoms with van der Waals surface area (Å²) in [4.78, 5) is 31.3. The molecule has 8 nitrogen and oxygen atoms in total. The number of ether oxygens (including phenoxy) is 1. The molecule has 0 spiro atoms. The summed E-state index contributed by atoms with van der Waals surface area (Å²) in [6, 6.07) is 18.0. The molecule has 37 heavy (non-hydrogen) atoms. The van der Waals surface area contributed by atoms with E-state index in [2.05, 4.69) is 40.1 Å². The fourth-order valence-electron chi connectivity index (χ4n) is 5.70. The van der Waals surface area contributed by atoms with Gasteiger partial charge in [0.05, 0.1) is 12.1 Å². The van der Waals surface area contributed by atoms with Crippen molar-refractivity contribution >= 4 is 17.6 Å². The number of nitrogens with zero attached hydrogens (tertiary/aromatic N) is 2. The highest BCUT2D eigenvalue weighted by molar-refractivity contribution is 6.02. The zero-order valence-electron chi connectivity index (χ0n) is 21.1. The zero-order valence-corrected chi connectivity index (χ0v) is 21.1. The van der Waals surface area contributed by atoms with Crippen molar-refractivity contribution in [1.82, 2.24) is 21.1 Å². The number of nitrogens with one attached hydrogen (secondary N) is 3. The van der Waals surface area contributed by atoms with Crippen molar-refractivity contribution in [2.45, 2.75) is 69.3 Å². The number of hydrogen-bond acceptors (Lipinski definition) is 6. The first-order valence-electron chi connectivity index (χ1n) is 13.2. The Hall–Kier alpha value is -3.65. The van der Waals surface area contributed by atoms with Crippen LogP contribution in [0.4, 0.5) is 0 Å². The standard InChI is InChI=1S/C29H33N5O3/c1-20-10-6-7-13-23(20)28(16-17-28)32-26(36)29(14-8-3-9-15-29)37-19-22-18-24(35)34-27(30-22)31-25(33-34)21-11-4-2-5-12-21/h2,4-7,10-13,18,27,30H,3,8-9,14-17,19H2,1H3,(H,31,33)(H,32,36). The van der Waals surface area contributed by atoms with Crippen molar-refractivity contribution < 1.29 is 14.3 Å². The SMILES string of the molecule is Cc1ccccc1C1(NC(=O)C2(OCC3=CC(=O)N4NC(c5ccccc5)=NC4N3)CCCCC2)CC1. The smallest absolute Gasteiger partial charge is 0.270 e. The molecule has 2 aromatic rings. The Balaban J connectivity index is 1.16. The first-order chi connectivity index (χ1) is 18.0. The van der Waals surface area contributed by atoms with Crippen LogP contribution in [0, 0.1) is 6.92 Å². The fourth-order valence-corrected chi connectivity index (χ4v) is 5.70. The molecule has 2 amide bonds. The van der Waals surface area contributed by atoms with Gasteiger partial charge in [-0.25, -0.2) is 10.0 Å². The Morgan fingerprint density at radius 3 is 2.51 bits per heavy atom. The fraction of sp³-hybridized carbons (Fsp3) is 0.414. The average molecular weight is 500 g/mol. The van der Waals surface area contributed by atoms with Gasteiger partial charge in [0, 0.05) is 17.3 Å². The van der Waals surface area contributed by atoms with Crippen LogP contribution in [0.1, 0.15) is 61.6 Å². The molecule has 2 aliphatic heterocycles. The Kier molecular flexibility index (Phi) is 5.99. The highest BCUT2D eigenvalue weighted by atomic mass is 16.5. The van der Waals surface area contributed by atoms with Crippen molar-refractivity contribution in [3.8, 4) is 0 Å². The summed E-state index contributed by atoms with van der Waals surface area (Å²) in [6.45, 7) is 2.25. The van der Waals surface area contributed by atoms with Gasteiger partial charge in [-0.2, -0.15) is 0 Å². The lowest BCUT2D eigenvalue weighted by atomic mass is 9.83. The number of carbonyl (C=O) groups excluding carboxylic acids is 2. The number of aliphatic imine (C=N–C) groups is 1. The van der Waals surface area contributed by atoms with Crippen molar-refractivity contribution in [2.24, 2.45) is 4.99 Å². The minimum Gasteiger partial charge on any atom is -0.359 e. The van der Waals surface area contributed by atoms with Gasteiger partial charge in [0.15, 0.2) is 5.84 Å². The molecule has 2 saturated carbocycles. The molecule has 2 aliphatic carbocycles. The van der Waals surface area contributed by atoms with Gasteiger partial charge in [-0.15, -0.1) is 0 Å². The van der Waals surface area contributed by atoms with E-state index in [1.165, 1.54) is 22.2 Å². The van der Waals surface area contributed by atoms with Crippen molar-refractivity contribution in [1.29, 1.82) is 0 Å². The quantitative estimate of drug-likeness (QED) is 0.543. The molecule has 0 saturated heterocycles. The molecule has 2 fully saturated rings. The average Bonchev–Trinajstić information content (AvgIpc) is 3.56. The summed E-state index contributed by atoms with van der Waals surface area (Å²) in [5, 5.41) is 8.14. The van der Waals surface area contributed by atoms with Crippen LogP contribution in [0.5, 0.6) is 0 Å². The van der Waals surface area contributed by atoms with E-state index >= 15 is 0 Å². The van der Waals surface area contributed by atoms with Gasteiger partial charge < -0.3 is 15.4 Å². The molecule has 0 aromatic heterocycles. The predicted molar refractivity (Wildman–Crippen MR) is 140 cm³/mol. The lowest BCUT2D eigenvalue weighted by Crippen LogP contribution is -2.55. The molecular formula is C29H33N5O3. The van der Waals surface area contributed by atoms with Crippen LogP contribution >= 0.6 is 0 Å². The van der Waals surface area contributed by atoms with E-state index < -0.39 is 11.9 Å². The van der Waals surface area contributed by atoms with Crippen LogP contribution in [0.15, 0.2) is 71.4 Å². The van der Waals surface area contributed by atoms with Gasteiger partial charge in [-0.05, 0) is 43.7 Å². The molecule has 1 unspecified atom stereocenters. The summed E-state index contributed by atoms with van der Waals surface area (Å²) in [5.74, 6) is 0.399. The minimum absolute atomic E-state index is 0.0377. The maximum absolute atomic E-state index is 13.8. The van der Waals surface area contributed by atoms with Crippen molar-refractivity contribution in [2.75, 3.05) is 6.61 Å². The maximum Gasteiger partial charge on any atom is 0.270 e. The molecule has 4 aliphatic rings. The van der Waals surface area contributed by atoms with Gasteiger partial charge in [0.2, 0.25) is 6.29 Å². The Morgan fingerprint density at radius 2 is 1.78 bits per heavy atom. The second-order valence-corrected chi connectivity index (χ2v) is 10.5. The summed E-state index contributed by atoms with van der Waals surface area (Å²) in [7, 11) is 0. The van der Waals surface area contributed by atoms with Crippen LogP contribution in [0.2, 0.25) is 0 Å². The first kappa shape index (κ1) is 23.7. The molecule has 0 radical (unpaired) electrons.